The van der Waals surface area contributed by atoms with E-state index in [9.17, 15) is 18.0 Å². The van der Waals surface area contributed by atoms with Crippen LogP contribution in [0.3, 0.4) is 0 Å². The number of hydrogen-bond donors (Lipinski definition) is 1. The van der Waals surface area contributed by atoms with Crippen LogP contribution in [0.4, 0.5) is 13.2 Å². The highest BCUT2D eigenvalue weighted by Crippen LogP contribution is 2.27. The number of nitrogens with one attached hydrogen (secondary N) is 1. The van der Waals surface area contributed by atoms with Gasteiger partial charge in [0, 0.05) is 55.8 Å². The number of halogens is 3. The van der Waals surface area contributed by atoms with Gasteiger partial charge in [-0.25, -0.2) is 4.98 Å². The standard InChI is InChI=1S/C22H18F3N5O2/c23-22(24,25)19-2-1-14(11-27-19)13-32-16-5-8-29(21(31)10-16)15-4-7-30-18-12-26-6-3-17(18)28-20(30)9-15/h1-2,4-5,7-11,26H,3,6,12-13H2. The van der Waals surface area contributed by atoms with Gasteiger partial charge in [-0.1, -0.05) is 6.07 Å². The molecule has 5 rings (SSSR count). The Labute approximate surface area is 180 Å². The van der Waals surface area contributed by atoms with Gasteiger partial charge in [0.15, 0.2) is 0 Å². The Morgan fingerprint density at radius 1 is 1.12 bits per heavy atom. The molecule has 0 saturated heterocycles. The maximum Gasteiger partial charge on any atom is 0.433 e. The van der Waals surface area contributed by atoms with Gasteiger partial charge >= 0.3 is 6.18 Å². The predicted octanol–water partition coefficient (Wildman–Crippen LogP) is 3.12. The van der Waals surface area contributed by atoms with Gasteiger partial charge in [-0.05, 0) is 18.2 Å². The minimum absolute atomic E-state index is 0.00574. The number of rotatable bonds is 4. The molecule has 0 fully saturated rings. The number of nitrogens with zero attached hydrogens (tertiary/aromatic N) is 4. The quantitative estimate of drug-likeness (QED) is 0.527. The van der Waals surface area contributed by atoms with E-state index in [2.05, 4.69) is 15.3 Å². The number of imidazole rings is 1. The van der Waals surface area contributed by atoms with E-state index < -0.39 is 11.9 Å². The molecule has 0 radical (unpaired) electrons. The first kappa shape index (κ1) is 20.3. The van der Waals surface area contributed by atoms with E-state index in [4.69, 9.17) is 4.74 Å². The topological polar surface area (TPSA) is 73.5 Å². The number of alkyl halides is 3. The van der Waals surface area contributed by atoms with Crippen LogP contribution in [0.5, 0.6) is 5.75 Å². The molecule has 1 aliphatic heterocycles. The SMILES string of the molecule is O=c1cc(OCc2ccc(C(F)(F)F)nc2)ccn1-c1ccn2c3c(nc2c1)CCNC3. The fourth-order valence-corrected chi connectivity index (χ4v) is 3.69. The second-order valence-corrected chi connectivity index (χ2v) is 7.45. The summed E-state index contributed by atoms with van der Waals surface area (Å²) in [4.78, 5) is 20.7. The summed E-state index contributed by atoms with van der Waals surface area (Å²) in [5, 5.41) is 3.33. The molecule has 4 aromatic rings. The maximum absolute atomic E-state index is 12.6. The average Bonchev–Trinajstić information content (AvgIpc) is 3.15. The lowest BCUT2D eigenvalue weighted by Gasteiger charge is -2.12. The third kappa shape index (κ3) is 3.84. The van der Waals surface area contributed by atoms with E-state index in [-0.39, 0.29) is 12.2 Å². The number of hydrogen-bond acceptors (Lipinski definition) is 5. The normalized spacial score (nSPS) is 13.8. The van der Waals surface area contributed by atoms with Crippen LogP contribution in [-0.4, -0.2) is 25.5 Å². The molecule has 0 aliphatic carbocycles. The molecule has 7 nitrogen and oxygen atoms in total. The van der Waals surface area contributed by atoms with Crippen LogP contribution in [0.15, 0.2) is 59.8 Å². The summed E-state index contributed by atoms with van der Waals surface area (Å²) in [5.41, 5.74) is 2.85. The second kappa shape index (κ2) is 7.79. The summed E-state index contributed by atoms with van der Waals surface area (Å²) < 4.78 is 46.9. The van der Waals surface area contributed by atoms with Gasteiger partial charge in [-0.2, -0.15) is 13.2 Å². The van der Waals surface area contributed by atoms with E-state index in [1.165, 1.54) is 16.7 Å². The van der Waals surface area contributed by atoms with Gasteiger partial charge in [0.25, 0.3) is 5.56 Å². The minimum Gasteiger partial charge on any atom is -0.489 e. The van der Waals surface area contributed by atoms with Crippen molar-refractivity contribution in [1.29, 1.82) is 0 Å². The average molecular weight is 441 g/mol. The number of ether oxygens (including phenoxy) is 1. The van der Waals surface area contributed by atoms with Crippen LogP contribution < -0.4 is 15.6 Å². The van der Waals surface area contributed by atoms with Crippen molar-refractivity contribution in [1.82, 2.24) is 24.3 Å². The third-order valence-corrected chi connectivity index (χ3v) is 5.31. The summed E-state index contributed by atoms with van der Waals surface area (Å²) in [7, 11) is 0. The molecule has 0 bridgehead atoms. The molecule has 0 atom stereocenters. The van der Waals surface area contributed by atoms with Crippen molar-refractivity contribution in [2.24, 2.45) is 0 Å². The molecule has 0 aromatic carbocycles. The molecule has 5 heterocycles. The van der Waals surface area contributed by atoms with Gasteiger partial charge in [0.2, 0.25) is 0 Å². The molecule has 1 aliphatic rings. The van der Waals surface area contributed by atoms with Crippen molar-refractivity contribution in [3.05, 3.63) is 88.0 Å². The molecule has 0 saturated carbocycles. The van der Waals surface area contributed by atoms with Crippen LogP contribution in [0.25, 0.3) is 11.3 Å². The molecule has 0 amide bonds. The summed E-state index contributed by atoms with van der Waals surface area (Å²) in [5.74, 6) is 0.314. The molecule has 0 spiro atoms. The number of aromatic nitrogens is 4. The van der Waals surface area contributed by atoms with E-state index >= 15 is 0 Å². The monoisotopic (exact) mass is 441 g/mol. The van der Waals surface area contributed by atoms with Crippen molar-refractivity contribution in [3.63, 3.8) is 0 Å². The zero-order chi connectivity index (χ0) is 22.3. The second-order valence-electron chi connectivity index (χ2n) is 7.45. The molecule has 32 heavy (non-hydrogen) atoms. The van der Waals surface area contributed by atoms with Crippen molar-refractivity contribution in [2.75, 3.05) is 6.54 Å². The van der Waals surface area contributed by atoms with Crippen molar-refractivity contribution in [3.8, 4) is 11.4 Å². The van der Waals surface area contributed by atoms with Gasteiger partial charge < -0.3 is 14.5 Å². The fourth-order valence-electron chi connectivity index (χ4n) is 3.69. The molecule has 10 heteroatoms. The Bertz CT molecular complexity index is 1340. The molecule has 164 valence electrons. The summed E-state index contributed by atoms with van der Waals surface area (Å²) in [6.45, 7) is 1.65. The van der Waals surface area contributed by atoms with E-state index in [0.717, 1.165) is 48.8 Å². The Balaban J connectivity index is 1.33. The van der Waals surface area contributed by atoms with Crippen LogP contribution in [0.2, 0.25) is 0 Å². The Kier molecular flexibility index (Phi) is 4.93. The first-order chi connectivity index (χ1) is 15.4. The first-order valence-electron chi connectivity index (χ1n) is 9.97. The molecule has 1 N–H and O–H groups in total. The van der Waals surface area contributed by atoms with Gasteiger partial charge in [0.05, 0.1) is 17.1 Å². The summed E-state index contributed by atoms with van der Waals surface area (Å²) in [6, 6.07) is 8.86. The lowest BCUT2D eigenvalue weighted by molar-refractivity contribution is -0.141. The largest absolute Gasteiger partial charge is 0.489 e. The highest BCUT2D eigenvalue weighted by atomic mass is 19.4. The molecular weight excluding hydrogens is 423 g/mol. The maximum atomic E-state index is 12.6. The van der Waals surface area contributed by atoms with Gasteiger partial charge in [-0.15, -0.1) is 0 Å². The number of pyridine rings is 3. The van der Waals surface area contributed by atoms with Crippen LogP contribution in [0.1, 0.15) is 22.6 Å². The summed E-state index contributed by atoms with van der Waals surface area (Å²) in [6.07, 6.45) is 0.988. The summed E-state index contributed by atoms with van der Waals surface area (Å²) >= 11 is 0. The number of fused-ring (bicyclic) bond motifs is 3. The minimum atomic E-state index is -4.49. The van der Waals surface area contributed by atoms with E-state index in [1.807, 2.05) is 22.7 Å². The third-order valence-electron chi connectivity index (χ3n) is 5.31. The highest BCUT2D eigenvalue weighted by Gasteiger charge is 2.32. The van der Waals surface area contributed by atoms with E-state index in [0.29, 0.717) is 17.0 Å². The zero-order valence-electron chi connectivity index (χ0n) is 16.8. The van der Waals surface area contributed by atoms with E-state index in [1.54, 1.807) is 12.3 Å². The Hall–Kier alpha value is -3.66. The van der Waals surface area contributed by atoms with Crippen LogP contribution >= 0.6 is 0 Å². The molecule has 0 unspecified atom stereocenters. The lowest BCUT2D eigenvalue weighted by Crippen LogP contribution is -2.24. The predicted molar refractivity (Wildman–Crippen MR) is 110 cm³/mol. The zero-order valence-corrected chi connectivity index (χ0v) is 16.8. The Morgan fingerprint density at radius 2 is 2.00 bits per heavy atom. The van der Waals surface area contributed by atoms with Crippen molar-refractivity contribution >= 4 is 5.65 Å². The molecule has 4 aromatic heterocycles. The fraction of sp³-hybridized carbons (Fsp3) is 0.227. The molecular formula is C22H18F3N5O2. The van der Waals surface area contributed by atoms with Gasteiger partial charge in [0.1, 0.15) is 23.7 Å². The van der Waals surface area contributed by atoms with Crippen molar-refractivity contribution < 1.29 is 17.9 Å². The van der Waals surface area contributed by atoms with Crippen LogP contribution in [-0.2, 0) is 25.7 Å². The first-order valence-corrected chi connectivity index (χ1v) is 9.97. The van der Waals surface area contributed by atoms with Crippen molar-refractivity contribution in [2.45, 2.75) is 25.7 Å². The van der Waals surface area contributed by atoms with Crippen LogP contribution in [0, 0.1) is 0 Å². The van der Waals surface area contributed by atoms with Gasteiger partial charge in [-0.3, -0.25) is 14.3 Å². The smallest absolute Gasteiger partial charge is 0.433 e. The Morgan fingerprint density at radius 3 is 2.75 bits per heavy atom. The highest BCUT2D eigenvalue weighted by molar-refractivity contribution is 5.51. The lowest BCUT2D eigenvalue weighted by atomic mass is 10.2.